The van der Waals surface area contributed by atoms with E-state index in [0.29, 0.717) is 19.2 Å². The summed E-state index contributed by atoms with van der Waals surface area (Å²) in [7, 11) is -2.48. The van der Waals surface area contributed by atoms with Crippen LogP contribution in [0, 0.1) is 0 Å². The minimum atomic E-state index is -2.48. The lowest BCUT2D eigenvalue weighted by molar-refractivity contribution is 0.182. The van der Waals surface area contributed by atoms with Crippen molar-refractivity contribution < 1.29 is 14.2 Å². The van der Waals surface area contributed by atoms with Crippen molar-refractivity contribution in [2.24, 2.45) is 0 Å². The van der Waals surface area contributed by atoms with Crippen molar-refractivity contribution in [1.82, 2.24) is 0 Å². The van der Waals surface area contributed by atoms with Gasteiger partial charge in [0.25, 0.3) is 0 Å². The molecule has 0 aliphatic heterocycles. The highest BCUT2D eigenvalue weighted by atomic mass is 31.2. The summed E-state index contributed by atoms with van der Waals surface area (Å²) in [4.78, 5) is 0. The summed E-state index contributed by atoms with van der Waals surface area (Å²) >= 11 is 0. The van der Waals surface area contributed by atoms with Crippen LogP contribution in [0.15, 0.2) is 0 Å². The molecule has 4 heteroatoms. The topological polar surface area (TPSA) is 46.5 Å². The van der Waals surface area contributed by atoms with E-state index in [0.717, 1.165) is 25.7 Å². The molecule has 1 fully saturated rings. The van der Waals surface area contributed by atoms with Crippen molar-refractivity contribution >= 4 is 7.37 Å². The third kappa shape index (κ3) is 3.58. The molecule has 0 bridgehead atoms. The van der Waals surface area contributed by atoms with Crippen molar-refractivity contribution in [3.8, 4) is 0 Å². The molecule has 0 amide bonds. The number of rotatable bonds is 6. The average molecular weight is 234 g/mol. The van der Waals surface area contributed by atoms with Gasteiger partial charge >= 0.3 is 0 Å². The Morgan fingerprint density at radius 1 is 1.40 bits per heavy atom. The van der Waals surface area contributed by atoms with E-state index in [4.69, 9.17) is 4.52 Å². The molecule has 1 aliphatic rings. The number of aliphatic hydroxyl groups excluding tert-OH is 1. The zero-order valence-corrected chi connectivity index (χ0v) is 10.7. The molecule has 0 aromatic carbocycles. The summed E-state index contributed by atoms with van der Waals surface area (Å²) in [5.41, 5.74) is 0.110. The Morgan fingerprint density at radius 3 is 2.60 bits per heavy atom. The number of hydrogen-bond acceptors (Lipinski definition) is 3. The van der Waals surface area contributed by atoms with Crippen molar-refractivity contribution in [1.29, 1.82) is 0 Å². The Morgan fingerprint density at radius 2 is 2.13 bits per heavy atom. The zero-order valence-electron chi connectivity index (χ0n) is 9.82. The second-order valence-corrected chi connectivity index (χ2v) is 7.23. The average Bonchev–Trinajstić information content (AvgIpc) is 2.63. The first kappa shape index (κ1) is 13.2. The lowest BCUT2D eigenvalue weighted by Crippen LogP contribution is -2.11. The molecule has 1 N–H and O–H groups in total. The smallest absolute Gasteiger partial charge is 0.206 e. The van der Waals surface area contributed by atoms with E-state index in [-0.39, 0.29) is 11.8 Å². The monoisotopic (exact) mass is 234 g/mol. The maximum absolute atomic E-state index is 12.6. The lowest BCUT2D eigenvalue weighted by Gasteiger charge is -2.23. The van der Waals surface area contributed by atoms with Gasteiger partial charge in [0.1, 0.15) is 0 Å². The van der Waals surface area contributed by atoms with Crippen molar-refractivity contribution in [2.45, 2.75) is 57.7 Å². The summed E-state index contributed by atoms with van der Waals surface area (Å²) in [6.45, 7) is 4.51. The second kappa shape index (κ2) is 6.03. The molecule has 0 aromatic rings. The fourth-order valence-corrected chi connectivity index (χ4v) is 5.25. The summed E-state index contributed by atoms with van der Waals surface area (Å²) in [6.07, 6.45) is 4.76. The van der Waals surface area contributed by atoms with Crippen LogP contribution < -0.4 is 0 Å². The molecular weight excluding hydrogens is 211 g/mol. The van der Waals surface area contributed by atoms with Gasteiger partial charge in [-0.1, -0.05) is 13.3 Å². The highest BCUT2D eigenvalue weighted by Gasteiger charge is 2.38. The first-order valence-electron chi connectivity index (χ1n) is 6.03. The van der Waals surface area contributed by atoms with Crippen molar-refractivity contribution in [2.75, 3.05) is 12.8 Å². The van der Waals surface area contributed by atoms with Gasteiger partial charge in [-0.3, -0.25) is 4.57 Å². The van der Waals surface area contributed by atoms with E-state index in [1.165, 1.54) is 0 Å². The Balaban J connectivity index is 2.59. The van der Waals surface area contributed by atoms with Gasteiger partial charge in [0, 0.05) is 11.8 Å². The summed E-state index contributed by atoms with van der Waals surface area (Å²) in [5, 5.41) is 9.48. The van der Waals surface area contributed by atoms with Crippen LogP contribution in [0.2, 0.25) is 0 Å². The largest absolute Gasteiger partial charge is 0.393 e. The van der Waals surface area contributed by atoms with E-state index < -0.39 is 7.37 Å². The molecule has 15 heavy (non-hydrogen) atoms. The van der Waals surface area contributed by atoms with Gasteiger partial charge < -0.3 is 9.63 Å². The molecule has 0 saturated heterocycles. The molecular formula is C11H23O3P. The van der Waals surface area contributed by atoms with Crippen LogP contribution in [-0.2, 0) is 9.09 Å². The SMILES string of the molecule is CCCCP(=O)(OCC)[C@H]1CC[C@@H](O)C1. The Kier molecular flexibility index (Phi) is 5.31. The zero-order chi connectivity index (χ0) is 11.3. The van der Waals surface area contributed by atoms with Crippen LogP contribution in [0.3, 0.4) is 0 Å². The summed E-state index contributed by atoms with van der Waals surface area (Å²) in [6, 6.07) is 0. The predicted octanol–water partition coefficient (Wildman–Crippen LogP) is 3.01. The normalized spacial score (nSPS) is 30.3. The minimum absolute atomic E-state index is 0.110. The highest BCUT2D eigenvalue weighted by molar-refractivity contribution is 7.59. The molecule has 0 aromatic heterocycles. The standard InChI is InChI=1S/C11H23O3P/c1-3-5-8-15(13,14-4-2)11-7-6-10(12)9-11/h10-12H,3-9H2,1-2H3/t10-,11+,15?/m1/s1. The second-order valence-electron chi connectivity index (χ2n) is 4.34. The summed E-state index contributed by atoms with van der Waals surface area (Å²) in [5.74, 6) is 0. The molecule has 0 spiro atoms. The van der Waals surface area contributed by atoms with Crippen molar-refractivity contribution in [3.05, 3.63) is 0 Å². The maximum Gasteiger partial charge on any atom is 0.206 e. The van der Waals surface area contributed by atoms with Gasteiger partial charge in [-0.25, -0.2) is 0 Å². The van der Waals surface area contributed by atoms with Crippen LogP contribution in [-0.4, -0.2) is 29.6 Å². The molecule has 3 nitrogen and oxygen atoms in total. The molecule has 1 unspecified atom stereocenters. The summed E-state index contributed by atoms with van der Waals surface area (Å²) < 4.78 is 18.1. The van der Waals surface area contributed by atoms with Gasteiger partial charge in [-0.15, -0.1) is 0 Å². The first-order chi connectivity index (χ1) is 7.12. The van der Waals surface area contributed by atoms with Crippen LogP contribution in [0.25, 0.3) is 0 Å². The van der Waals surface area contributed by atoms with Crippen LogP contribution >= 0.6 is 7.37 Å². The van der Waals surface area contributed by atoms with Gasteiger partial charge in [-0.05, 0) is 32.6 Å². The molecule has 1 saturated carbocycles. The van der Waals surface area contributed by atoms with Crippen LogP contribution in [0.5, 0.6) is 0 Å². The van der Waals surface area contributed by atoms with E-state index >= 15 is 0 Å². The molecule has 3 atom stereocenters. The fraction of sp³-hybridized carbons (Fsp3) is 1.00. The van der Waals surface area contributed by atoms with Crippen LogP contribution in [0.4, 0.5) is 0 Å². The van der Waals surface area contributed by atoms with Gasteiger partial charge in [0.15, 0.2) is 0 Å². The molecule has 90 valence electrons. The maximum atomic E-state index is 12.6. The quantitative estimate of drug-likeness (QED) is 0.718. The number of aliphatic hydroxyl groups is 1. The Hall–Kier alpha value is 0.150. The third-order valence-corrected chi connectivity index (χ3v) is 6.32. The Bertz CT molecular complexity index is 230. The van der Waals surface area contributed by atoms with Crippen molar-refractivity contribution in [3.63, 3.8) is 0 Å². The van der Waals surface area contributed by atoms with Gasteiger partial charge in [0.05, 0.1) is 12.7 Å². The van der Waals surface area contributed by atoms with Crippen LogP contribution in [0.1, 0.15) is 46.0 Å². The van der Waals surface area contributed by atoms with E-state index in [2.05, 4.69) is 6.92 Å². The molecule has 1 aliphatic carbocycles. The Labute approximate surface area is 92.7 Å². The van der Waals surface area contributed by atoms with E-state index in [1.54, 1.807) is 0 Å². The molecule has 0 heterocycles. The fourth-order valence-electron chi connectivity index (χ4n) is 2.24. The number of unbranched alkanes of at least 4 members (excludes halogenated alkanes) is 1. The van der Waals surface area contributed by atoms with Gasteiger partial charge in [-0.2, -0.15) is 0 Å². The molecule has 0 radical (unpaired) electrons. The van der Waals surface area contributed by atoms with Gasteiger partial charge in [0.2, 0.25) is 7.37 Å². The van der Waals surface area contributed by atoms with E-state index in [1.807, 2.05) is 6.92 Å². The predicted molar refractivity (Wildman–Crippen MR) is 62.7 cm³/mol. The minimum Gasteiger partial charge on any atom is -0.393 e. The lowest BCUT2D eigenvalue weighted by atomic mass is 10.3. The third-order valence-electron chi connectivity index (χ3n) is 3.10. The van der Waals surface area contributed by atoms with E-state index in [9.17, 15) is 9.67 Å². The first-order valence-corrected chi connectivity index (χ1v) is 7.91. The number of hydrogen-bond donors (Lipinski definition) is 1. The highest BCUT2D eigenvalue weighted by Crippen LogP contribution is 2.57. The molecule has 1 rings (SSSR count).